The van der Waals surface area contributed by atoms with Crippen molar-refractivity contribution >= 4 is 13.3 Å². The Labute approximate surface area is 173 Å². The molecule has 0 bridgehead atoms. The average molecular weight is 347 g/mol. The van der Waals surface area contributed by atoms with Crippen LogP contribution in [0.15, 0.2) is 22.8 Å². The van der Waals surface area contributed by atoms with Gasteiger partial charge in [0.05, 0.1) is 25.4 Å². The van der Waals surface area contributed by atoms with Crippen molar-refractivity contribution in [3.05, 3.63) is 24.2 Å². The predicted octanol–water partition coefficient (Wildman–Crippen LogP) is -7.12. The van der Waals surface area contributed by atoms with Gasteiger partial charge >= 0.3 is 59.1 Å². The fourth-order valence-corrected chi connectivity index (χ4v) is 3.94. The SMILES string of the molecule is O=C([O-])C(Cc1ccco1)P(=O)([O-])CN1CCOCC1.[Na+].[Na+]. The van der Waals surface area contributed by atoms with E-state index in [1.54, 1.807) is 17.0 Å². The molecule has 7 nitrogen and oxygen atoms in total. The minimum atomic E-state index is -4.17. The summed E-state index contributed by atoms with van der Waals surface area (Å²) >= 11 is 0. The number of hydrogen-bond acceptors (Lipinski definition) is 7. The molecule has 0 saturated carbocycles. The van der Waals surface area contributed by atoms with Gasteiger partial charge in [-0.25, -0.2) is 0 Å². The Hall–Kier alpha value is 0.860. The molecular weight excluding hydrogens is 331 g/mol. The van der Waals surface area contributed by atoms with Gasteiger partial charge in [-0.3, -0.25) is 4.90 Å². The molecule has 1 saturated heterocycles. The first-order chi connectivity index (χ1) is 9.49. The van der Waals surface area contributed by atoms with Gasteiger partial charge in [0, 0.05) is 38.8 Å². The Morgan fingerprint density at radius 3 is 2.50 bits per heavy atom. The Bertz CT molecular complexity index is 492. The topological polar surface area (TPSA) is 106 Å². The molecule has 2 unspecified atom stereocenters. The van der Waals surface area contributed by atoms with Gasteiger partial charge in [0.15, 0.2) is 0 Å². The molecule has 10 heteroatoms. The quantitative estimate of drug-likeness (QED) is 0.372. The Kier molecular flexibility index (Phi) is 11.1. The van der Waals surface area contributed by atoms with Crippen LogP contribution in [0.5, 0.6) is 0 Å². The van der Waals surface area contributed by atoms with Crippen molar-refractivity contribution < 1.29 is 87.6 Å². The Morgan fingerprint density at radius 2 is 2.00 bits per heavy atom. The summed E-state index contributed by atoms with van der Waals surface area (Å²) in [4.78, 5) is 25.1. The number of carboxylic acids is 1. The third kappa shape index (κ3) is 6.77. The first kappa shape index (κ1) is 22.9. The van der Waals surface area contributed by atoms with Crippen LogP contribution in [0.2, 0.25) is 0 Å². The maximum atomic E-state index is 12.2. The zero-order valence-electron chi connectivity index (χ0n) is 12.9. The van der Waals surface area contributed by atoms with Crippen molar-refractivity contribution in [2.75, 3.05) is 32.6 Å². The number of carbonyl (C=O) groups is 1. The molecule has 22 heavy (non-hydrogen) atoms. The second-order valence-electron chi connectivity index (χ2n) is 4.72. The molecule has 1 aromatic rings. The molecular formula is C12H16NNa2O6P. The van der Waals surface area contributed by atoms with Crippen molar-refractivity contribution in [2.24, 2.45) is 0 Å². The normalized spacial score (nSPS) is 19.3. The van der Waals surface area contributed by atoms with Crippen molar-refractivity contribution in [2.45, 2.75) is 12.1 Å². The van der Waals surface area contributed by atoms with Crippen molar-refractivity contribution in [3.63, 3.8) is 0 Å². The first-order valence-corrected chi connectivity index (χ1v) is 8.20. The third-order valence-electron chi connectivity index (χ3n) is 3.22. The number of aliphatic carboxylic acids is 1. The van der Waals surface area contributed by atoms with Crippen molar-refractivity contribution in [3.8, 4) is 0 Å². The van der Waals surface area contributed by atoms with E-state index in [4.69, 9.17) is 9.15 Å². The number of morpholine rings is 1. The summed E-state index contributed by atoms with van der Waals surface area (Å²) in [6, 6.07) is 3.13. The van der Waals surface area contributed by atoms with E-state index in [2.05, 4.69) is 0 Å². The first-order valence-electron chi connectivity index (χ1n) is 6.32. The third-order valence-corrected chi connectivity index (χ3v) is 5.36. The fraction of sp³-hybridized carbons (Fsp3) is 0.583. The number of carboxylic acid groups (broad SMARTS) is 1. The molecule has 2 rings (SSSR count). The zero-order chi connectivity index (χ0) is 14.6. The zero-order valence-corrected chi connectivity index (χ0v) is 17.8. The van der Waals surface area contributed by atoms with Gasteiger partial charge in [-0.2, -0.15) is 0 Å². The van der Waals surface area contributed by atoms with E-state index in [0.29, 0.717) is 32.1 Å². The van der Waals surface area contributed by atoms with E-state index in [-0.39, 0.29) is 71.8 Å². The van der Waals surface area contributed by atoms with Gasteiger partial charge in [0.25, 0.3) is 0 Å². The van der Waals surface area contributed by atoms with E-state index < -0.39 is 19.0 Å². The number of carbonyl (C=O) groups excluding carboxylic acids is 1. The number of hydrogen-bond donors (Lipinski definition) is 0. The molecule has 1 fully saturated rings. The standard InChI is InChI=1S/C12H18NO6P.2Na/c14-12(15)11(8-10-2-1-5-19-10)20(16,17)9-13-3-6-18-7-4-13;;/h1-2,5,11H,3-4,6-9H2,(H,14,15)(H,16,17);;/q;2*+1/p-2. The average Bonchev–Trinajstić information content (AvgIpc) is 2.89. The van der Waals surface area contributed by atoms with E-state index in [1.807, 2.05) is 0 Å². The van der Waals surface area contributed by atoms with Gasteiger partial charge in [-0.05, 0) is 12.1 Å². The van der Waals surface area contributed by atoms with Crippen LogP contribution in [0, 0.1) is 0 Å². The van der Waals surface area contributed by atoms with Crippen molar-refractivity contribution in [1.82, 2.24) is 4.90 Å². The van der Waals surface area contributed by atoms with E-state index >= 15 is 0 Å². The summed E-state index contributed by atoms with van der Waals surface area (Å²) in [7, 11) is -4.17. The Morgan fingerprint density at radius 1 is 1.36 bits per heavy atom. The largest absolute Gasteiger partial charge is 1.00 e. The molecule has 112 valence electrons. The summed E-state index contributed by atoms with van der Waals surface area (Å²) in [5, 5.41) is 11.1. The maximum absolute atomic E-state index is 12.2. The molecule has 1 aliphatic rings. The molecule has 0 amide bonds. The molecule has 0 N–H and O–H groups in total. The van der Waals surface area contributed by atoms with Gasteiger partial charge < -0.3 is 28.5 Å². The fourth-order valence-electron chi connectivity index (χ4n) is 2.12. The number of rotatable bonds is 6. The van der Waals surface area contributed by atoms with Crippen LogP contribution in [-0.4, -0.2) is 49.1 Å². The van der Waals surface area contributed by atoms with Crippen LogP contribution in [0.3, 0.4) is 0 Å². The summed E-state index contributed by atoms with van der Waals surface area (Å²) in [6.07, 6.45) is 0.884. The molecule has 1 aromatic heterocycles. The minimum Gasteiger partial charge on any atom is -0.798 e. The minimum absolute atomic E-state index is 0. The van der Waals surface area contributed by atoms with Gasteiger partial charge in [-0.15, -0.1) is 0 Å². The summed E-state index contributed by atoms with van der Waals surface area (Å²) in [5.41, 5.74) is -1.57. The van der Waals surface area contributed by atoms with Crippen LogP contribution in [0.4, 0.5) is 0 Å². The van der Waals surface area contributed by atoms with Crippen LogP contribution >= 0.6 is 7.37 Å². The van der Waals surface area contributed by atoms with Crippen LogP contribution in [0.1, 0.15) is 5.76 Å². The van der Waals surface area contributed by atoms with Crippen LogP contribution in [-0.2, 0) is 20.5 Å². The second kappa shape index (κ2) is 10.7. The summed E-state index contributed by atoms with van der Waals surface area (Å²) in [6.45, 7) is 1.86. The van der Waals surface area contributed by atoms with Gasteiger partial charge in [0.1, 0.15) is 5.76 Å². The smallest absolute Gasteiger partial charge is 0.798 e. The van der Waals surface area contributed by atoms with E-state index in [0.717, 1.165) is 0 Å². The summed E-state index contributed by atoms with van der Waals surface area (Å²) in [5.74, 6) is -1.27. The maximum Gasteiger partial charge on any atom is 1.00 e. The number of nitrogens with zero attached hydrogens (tertiary/aromatic N) is 1. The number of furan rings is 1. The molecule has 2 heterocycles. The number of ether oxygens (including phenoxy) is 1. The molecule has 0 radical (unpaired) electrons. The Balaban J connectivity index is 0.00000220. The van der Waals surface area contributed by atoms with E-state index in [9.17, 15) is 19.4 Å². The summed E-state index contributed by atoms with van der Waals surface area (Å²) < 4.78 is 22.4. The van der Waals surface area contributed by atoms with E-state index in [1.165, 1.54) is 6.26 Å². The van der Waals surface area contributed by atoms with Crippen molar-refractivity contribution in [1.29, 1.82) is 0 Å². The second-order valence-corrected chi connectivity index (χ2v) is 7.07. The van der Waals surface area contributed by atoms with Crippen LogP contribution in [0.25, 0.3) is 0 Å². The molecule has 2 atom stereocenters. The molecule has 0 aromatic carbocycles. The predicted molar refractivity (Wildman–Crippen MR) is 66.1 cm³/mol. The van der Waals surface area contributed by atoms with Crippen LogP contribution < -0.4 is 69.1 Å². The monoisotopic (exact) mass is 347 g/mol. The molecule has 0 spiro atoms. The molecule has 1 aliphatic heterocycles. The molecule has 0 aliphatic carbocycles. The van der Waals surface area contributed by atoms with Gasteiger partial charge in [-0.1, -0.05) is 0 Å². The van der Waals surface area contributed by atoms with Gasteiger partial charge in [0.2, 0.25) is 0 Å².